The van der Waals surface area contributed by atoms with Crippen LogP contribution in [0.15, 0.2) is 23.1 Å². The molecule has 0 N–H and O–H groups in total. The molecule has 1 heterocycles. The highest BCUT2D eigenvalue weighted by Crippen LogP contribution is 2.35. The Morgan fingerprint density at radius 1 is 1.36 bits per heavy atom. The van der Waals surface area contributed by atoms with E-state index in [2.05, 4.69) is 4.74 Å². The molecule has 25 heavy (non-hydrogen) atoms. The van der Waals surface area contributed by atoms with Crippen LogP contribution in [-0.2, 0) is 14.3 Å². The van der Waals surface area contributed by atoms with E-state index in [9.17, 15) is 24.5 Å². The number of imide groups is 1. The van der Waals surface area contributed by atoms with E-state index in [1.54, 1.807) is 0 Å². The van der Waals surface area contributed by atoms with Crippen molar-refractivity contribution < 1.29 is 28.8 Å². The normalized spacial score (nSPS) is 16.9. The molecule has 10 heteroatoms. The van der Waals surface area contributed by atoms with Crippen LogP contribution in [-0.4, -0.2) is 47.2 Å². The molecule has 1 aromatic rings. The van der Waals surface area contributed by atoms with Gasteiger partial charge >= 0.3 is 11.7 Å². The first-order chi connectivity index (χ1) is 11.8. The number of thioether (sulfide) groups is 1. The van der Waals surface area contributed by atoms with E-state index in [0.717, 1.165) is 12.0 Å². The zero-order valence-electron chi connectivity index (χ0n) is 13.5. The summed E-state index contributed by atoms with van der Waals surface area (Å²) in [7, 11) is 2.46. The van der Waals surface area contributed by atoms with Crippen LogP contribution in [0.2, 0.25) is 0 Å². The number of nitro groups is 1. The van der Waals surface area contributed by atoms with Crippen molar-refractivity contribution in [3.63, 3.8) is 0 Å². The van der Waals surface area contributed by atoms with Crippen LogP contribution in [0, 0.1) is 10.1 Å². The fourth-order valence-corrected chi connectivity index (χ4v) is 3.09. The number of rotatable bonds is 5. The van der Waals surface area contributed by atoms with Gasteiger partial charge in [-0.25, -0.2) is 4.79 Å². The van der Waals surface area contributed by atoms with E-state index in [1.807, 2.05) is 0 Å². The predicted molar refractivity (Wildman–Crippen MR) is 88.9 cm³/mol. The van der Waals surface area contributed by atoms with Crippen molar-refractivity contribution in [1.29, 1.82) is 0 Å². The Kier molecular flexibility index (Phi) is 5.42. The summed E-state index contributed by atoms with van der Waals surface area (Å²) in [5.74, 6) is -1.30. The number of methoxy groups -OCH3 is 2. The summed E-state index contributed by atoms with van der Waals surface area (Å²) in [5, 5.41) is 10.4. The second-order valence-corrected chi connectivity index (χ2v) is 5.93. The Morgan fingerprint density at radius 2 is 2.04 bits per heavy atom. The maximum Gasteiger partial charge on any atom is 0.328 e. The molecule has 1 aliphatic rings. The molecule has 9 nitrogen and oxygen atoms in total. The average molecular weight is 366 g/mol. The number of nitro benzene ring substituents is 1. The molecule has 1 saturated heterocycles. The van der Waals surface area contributed by atoms with Crippen LogP contribution in [0.25, 0.3) is 6.08 Å². The highest BCUT2D eigenvalue weighted by molar-refractivity contribution is 8.18. The number of hydrogen-bond acceptors (Lipinski definition) is 8. The highest BCUT2D eigenvalue weighted by Gasteiger charge is 2.41. The monoisotopic (exact) mass is 366 g/mol. The van der Waals surface area contributed by atoms with E-state index in [0.29, 0.717) is 17.3 Å². The van der Waals surface area contributed by atoms with Crippen LogP contribution in [0.3, 0.4) is 0 Å². The molecule has 1 atom stereocenters. The lowest BCUT2D eigenvalue weighted by molar-refractivity contribution is -0.385. The fraction of sp³-hybridized carbons (Fsp3) is 0.267. The van der Waals surface area contributed by atoms with Crippen molar-refractivity contribution in [2.75, 3.05) is 14.2 Å². The molecule has 0 bridgehead atoms. The molecule has 1 aliphatic heterocycles. The Bertz CT molecular complexity index is 790. The molecule has 0 unspecified atom stereocenters. The summed E-state index contributed by atoms with van der Waals surface area (Å²) < 4.78 is 9.45. The van der Waals surface area contributed by atoms with Crippen LogP contribution >= 0.6 is 11.8 Å². The molecular formula is C15H14N2O7S. The van der Waals surface area contributed by atoms with Gasteiger partial charge in [0.2, 0.25) is 0 Å². The molecule has 0 saturated carbocycles. The minimum atomic E-state index is -1.06. The quantitative estimate of drug-likeness (QED) is 0.337. The third-order valence-corrected chi connectivity index (χ3v) is 4.33. The minimum Gasteiger partial charge on any atom is -0.490 e. The SMILES string of the molecule is COC(=O)[C@@H](C)N1C(=O)S/C(=C/c2ccc(OC)c([N+](=O)[O-])c2)C1=O. The lowest BCUT2D eigenvalue weighted by atomic mass is 10.1. The summed E-state index contributed by atoms with van der Waals surface area (Å²) in [6.45, 7) is 1.38. The van der Waals surface area contributed by atoms with Gasteiger partial charge in [0, 0.05) is 6.07 Å². The molecular weight excluding hydrogens is 352 g/mol. The Hall–Kier alpha value is -2.88. The van der Waals surface area contributed by atoms with Gasteiger partial charge in [-0.3, -0.25) is 24.6 Å². The van der Waals surface area contributed by atoms with Gasteiger partial charge < -0.3 is 9.47 Å². The number of benzene rings is 1. The first-order valence-corrected chi connectivity index (χ1v) is 7.79. The molecule has 1 aromatic carbocycles. The van der Waals surface area contributed by atoms with Crippen molar-refractivity contribution in [1.82, 2.24) is 4.90 Å². The highest BCUT2D eigenvalue weighted by atomic mass is 32.2. The smallest absolute Gasteiger partial charge is 0.328 e. The van der Waals surface area contributed by atoms with Crippen molar-refractivity contribution >= 4 is 40.6 Å². The third kappa shape index (κ3) is 3.63. The van der Waals surface area contributed by atoms with E-state index >= 15 is 0 Å². The van der Waals surface area contributed by atoms with Crippen molar-refractivity contribution in [3.05, 3.63) is 38.8 Å². The maximum atomic E-state index is 12.4. The van der Waals surface area contributed by atoms with Gasteiger partial charge in [0.1, 0.15) is 6.04 Å². The Balaban J connectivity index is 2.35. The fourth-order valence-electron chi connectivity index (χ4n) is 2.18. The van der Waals surface area contributed by atoms with Gasteiger partial charge in [0.05, 0.1) is 24.0 Å². The zero-order valence-corrected chi connectivity index (χ0v) is 14.4. The molecule has 0 aliphatic carbocycles. The lowest BCUT2D eigenvalue weighted by Crippen LogP contribution is -2.42. The molecule has 0 radical (unpaired) electrons. The van der Waals surface area contributed by atoms with Gasteiger partial charge in [-0.15, -0.1) is 0 Å². The maximum absolute atomic E-state index is 12.4. The number of hydrogen-bond donors (Lipinski definition) is 0. The standard InChI is InChI=1S/C15H14N2O7S/c1-8(14(19)24-3)16-13(18)12(25-15(16)20)7-9-4-5-11(23-2)10(6-9)17(21)22/h4-8H,1-3H3/b12-7+/t8-/m1/s1. The van der Waals surface area contributed by atoms with Crippen LogP contribution in [0.4, 0.5) is 10.5 Å². The Labute approximate surface area is 146 Å². The topological polar surface area (TPSA) is 116 Å². The summed E-state index contributed by atoms with van der Waals surface area (Å²) in [6.07, 6.45) is 1.35. The van der Waals surface area contributed by atoms with E-state index in [4.69, 9.17) is 4.74 Å². The first-order valence-electron chi connectivity index (χ1n) is 6.97. The second kappa shape index (κ2) is 7.34. The van der Waals surface area contributed by atoms with Gasteiger partial charge in [-0.05, 0) is 36.4 Å². The van der Waals surface area contributed by atoms with Crippen LogP contribution < -0.4 is 4.74 Å². The van der Waals surface area contributed by atoms with Crippen molar-refractivity contribution in [3.8, 4) is 5.75 Å². The number of amides is 2. The van der Waals surface area contributed by atoms with Gasteiger partial charge in [-0.2, -0.15) is 0 Å². The summed E-state index contributed by atoms with van der Waals surface area (Å²) in [6, 6.07) is 3.08. The summed E-state index contributed by atoms with van der Waals surface area (Å²) in [5.41, 5.74) is 0.0853. The number of nitrogens with zero attached hydrogens (tertiary/aromatic N) is 2. The molecule has 132 valence electrons. The molecule has 1 fully saturated rings. The lowest BCUT2D eigenvalue weighted by Gasteiger charge is -2.18. The van der Waals surface area contributed by atoms with Crippen LogP contribution in [0.1, 0.15) is 12.5 Å². The second-order valence-electron chi connectivity index (χ2n) is 4.94. The molecule has 2 amide bonds. The molecule has 0 spiro atoms. The number of carbonyl (C=O) groups excluding carboxylic acids is 3. The van der Waals surface area contributed by atoms with Gasteiger partial charge in [0.25, 0.3) is 11.1 Å². The Morgan fingerprint density at radius 3 is 2.60 bits per heavy atom. The summed E-state index contributed by atoms with van der Waals surface area (Å²) in [4.78, 5) is 47.2. The summed E-state index contributed by atoms with van der Waals surface area (Å²) >= 11 is 0.647. The van der Waals surface area contributed by atoms with Gasteiger partial charge in [0.15, 0.2) is 5.75 Å². The predicted octanol–water partition coefficient (Wildman–Crippen LogP) is 2.20. The van der Waals surface area contributed by atoms with E-state index < -0.39 is 28.1 Å². The van der Waals surface area contributed by atoms with Crippen molar-refractivity contribution in [2.45, 2.75) is 13.0 Å². The van der Waals surface area contributed by atoms with E-state index in [-0.39, 0.29) is 16.3 Å². The molecule has 0 aromatic heterocycles. The largest absolute Gasteiger partial charge is 0.490 e. The zero-order chi connectivity index (χ0) is 18.7. The van der Waals surface area contributed by atoms with E-state index in [1.165, 1.54) is 38.3 Å². The average Bonchev–Trinajstić information content (AvgIpc) is 2.86. The van der Waals surface area contributed by atoms with Crippen molar-refractivity contribution in [2.24, 2.45) is 0 Å². The minimum absolute atomic E-state index is 0.0558. The third-order valence-electron chi connectivity index (χ3n) is 3.45. The number of carbonyl (C=O) groups is 3. The first kappa shape index (κ1) is 18.5. The van der Waals surface area contributed by atoms with Gasteiger partial charge in [-0.1, -0.05) is 6.07 Å². The number of esters is 1. The van der Waals surface area contributed by atoms with Crippen LogP contribution in [0.5, 0.6) is 5.75 Å². The number of ether oxygens (including phenoxy) is 2. The molecule has 2 rings (SSSR count).